The Balaban J connectivity index is 1.81. The van der Waals surface area contributed by atoms with Crippen LogP contribution >= 0.6 is 0 Å². The summed E-state index contributed by atoms with van der Waals surface area (Å²) in [4.78, 5) is 24.7. The van der Waals surface area contributed by atoms with Gasteiger partial charge in [-0.3, -0.25) is 4.79 Å². The summed E-state index contributed by atoms with van der Waals surface area (Å²) in [5.74, 6) is 0.328. The number of likely N-dealkylation sites (tertiary alicyclic amines) is 1. The number of amides is 2. The molecule has 0 bridgehead atoms. The highest BCUT2D eigenvalue weighted by molar-refractivity contribution is 5.77. The quantitative estimate of drug-likeness (QED) is 0.785. The second kappa shape index (κ2) is 8.60. The SMILES string of the molecule is COc1ccc(CC(C)CNC(=O)N2CCC(C(=O)O)C2)cc1OC. The zero-order valence-electron chi connectivity index (χ0n) is 14.9. The van der Waals surface area contributed by atoms with Crippen molar-refractivity contribution in [2.24, 2.45) is 11.8 Å². The van der Waals surface area contributed by atoms with Gasteiger partial charge in [-0.2, -0.15) is 0 Å². The number of carboxylic acid groups (broad SMARTS) is 1. The van der Waals surface area contributed by atoms with E-state index in [0.29, 0.717) is 31.0 Å². The number of methoxy groups -OCH3 is 2. The third kappa shape index (κ3) is 5.01. The van der Waals surface area contributed by atoms with Gasteiger partial charge in [0.1, 0.15) is 0 Å². The van der Waals surface area contributed by atoms with Gasteiger partial charge >= 0.3 is 12.0 Å². The molecule has 1 fully saturated rings. The number of benzene rings is 1. The molecular weight excluding hydrogens is 324 g/mol. The monoisotopic (exact) mass is 350 g/mol. The number of nitrogens with zero attached hydrogens (tertiary/aromatic N) is 1. The van der Waals surface area contributed by atoms with Crippen molar-refractivity contribution < 1.29 is 24.2 Å². The lowest BCUT2D eigenvalue weighted by Crippen LogP contribution is -2.40. The Morgan fingerprint density at radius 2 is 2.04 bits per heavy atom. The Morgan fingerprint density at radius 3 is 2.64 bits per heavy atom. The highest BCUT2D eigenvalue weighted by Crippen LogP contribution is 2.28. The molecule has 7 heteroatoms. The molecule has 2 N–H and O–H groups in total. The number of carbonyl (C=O) groups is 2. The van der Waals surface area contributed by atoms with Crippen LogP contribution in [-0.2, 0) is 11.2 Å². The molecule has 1 heterocycles. The van der Waals surface area contributed by atoms with E-state index in [9.17, 15) is 9.59 Å². The molecule has 1 aliphatic heterocycles. The number of aliphatic carboxylic acids is 1. The van der Waals surface area contributed by atoms with Gasteiger partial charge in [-0.15, -0.1) is 0 Å². The van der Waals surface area contributed by atoms with E-state index in [4.69, 9.17) is 14.6 Å². The molecular formula is C18H26N2O5. The summed E-state index contributed by atoms with van der Waals surface area (Å²) in [6.07, 6.45) is 1.31. The predicted octanol–water partition coefficient (Wildman–Crippen LogP) is 2.00. The van der Waals surface area contributed by atoms with Gasteiger partial charge in [0.2, 0.25) is 0 Å². The summed E-state index contributed by atoms with van der Waals surface area (Å²) in [6, 6.07) is 5.60. The van der Waals surface area contributed by atoms with Crippen molar-refractivity contribution in [3.63, 3.8) is 0 Å². The molecule has 1 aliphatic rings. The molecule has 138 valence electrons. The van der Waals surface area contributed by atoms with Crippen LogP contribution in [0.5, 0.6) is 11.5 Å². The fourth-order valence-corrected chi connectivity index (χ4v) is 3.00. The lowest BCUT2D eigenvalue weighted by Gasteiger charge is -2.19. The third-order valence-corrected chi connectivity index (χ3v) is 4.46. The molecule has 0 aliphatic carbocycles. The van der Waals surface area contributed by atoms with Crippen LogP contribution in [0.1, 0.15) is 18.9 Å². The summed E-state index contributed by atoms with van der Waals surface area (Å²) in [6.45, 7) is 3.36. The molecule has 2 unspecified atom stereocenters. The van der Waals surface area contributed by atoms with Gasteiger partial charge in [-0.05, 0) is 36.5 Å². The molecule has 0 radical (unpaired) electrons. The molecule has 1 aromatic carbocycles. The molecule has 1 aromatic rings. The number of nitrogens with one attached hydrogen (secondary N) is 1. The van der Waals surface area contributed by atoms with Gasteiger partial charge < -0.3 is 24.8 Å². The minimum atomic E-state index is -0.836. The van der Waals surface area contributed by atoms with Gasteiger partial charge in [0.15, 0.2) is 11.5 Å². The summed E-state index contributed by atoms with van der Waals surface area (Å²) in [5.41, 5.74) is 1.10. The van der Waals surface area contributed by atoms with Crippen molar-refractivity contribution in [2.75, 3.05) is 33.9 Å². The molecule has 7 nitrogen and oxygen atoms in total. The average molecular weight is 350 g/mol. The molecule has 0 aromatic heterocycles. The average Bonchev–Trinajstić information content (AvgIpc) is 3.10. The first-order valence-electron chi connectivity index (χ1n) is 8.41. The molecule has 1 saturated heterocycles. The Bertz CT molecular complexity index is 619. The lowest BCUT2D eigenvalue weighted by atomic mass is 10.0. The number of rotatable bonds is 7. The largest absolute Gasteiger partial charge is 0.493 e. The number of hydrogen-bond acceptors (Lipinski definition) is 4. The zero-order chi connectivity index (χ0) is 18.4. The zero-order valence-corrected chi connectivity index (χ0v) is 14.9. The summed E-state index contributed by atoms with van der Waals surface area (Å²) in [7, 11) is 3.20. The standard InChI is InChI=1S/C18H26N2O5/c1-12(8-13-4-5-15(24-2)16(9-13)25-3)10-19-18(23)20-7-6-14(11-20)17(21)22/h4-5,9,12,14H,6-8,10-11H2,1-3H3,(H,19,23)(H,21,22). The first-order valence-corrected chi connectivity index (χ1v) is 8.41. The number of hydrogen-bond donors (Lipinski definition) is 2. The van der Waals surface area contributed by atoms with E-state index in [1.165, 1.54) is 0 Å². The van der Waals surface area contributed by atoms with Crippen LogP contribution in [0.2, 0.25) is 0 Å². The summed E-state index contributed by atoms with van der Waals surface area (Å²) >= 11 is 0. The fraction of sp³-hybridized carbons (Fsp3) is 0.556. The Labute approximate surface area is 147 Å². The van der Waals surface area contributed by atoms with Crippen molar-refractivity contribution in [3.05, 3.63) is 23.8 Å². The number of ether oxygens (including phenoxy) is 2. The first-order chi connectivity index (χ1) is 11.9. The van der Waals surface area contributed by atoms with Crippen molar-refractivity contribution >= 4 is 12.0 Å². The van der Waals surface area contributed by atoms with E-state index in [1.807, 2.05) is 18.2 Å². The second-order valence-electron chi connectivity index (χ2n) is 6.45. The summed E-state index contributed by atoms with van der Waals surface area (Å²) in [5, 5.41) is 11.9. The first kappa shape index (κ1) is 18.9. The Hall–Kier alpha value is -2.44. The van der Waals surface area contributed by atoms with E-state index in [2.05, 4.69) is 12.2 Å². The fourth-order valence-electron chi connectivity index (χ4n) is 3.00. The molecule has 2 amide bonds. The maximum absolute atomic E-state index is 12.1. The van der Waals surface area contributed by atoms with Gasteiger partial charge in [0, 0.05) is 19.6 Å². The topological polar surface area (TPSA) is 88.1 Å². The van der Waals surface area contributed by atoms with Crippen molar-refractivity contribution in [1.82, 2.24) is 10.2 Å². The maximum Gasteiger partial charge on any atom is 0.317 e. The normalized spacial score (nSPS) is 17.9. The second-order valence-corrected chi connectivity index (χ2v) is 6.45. The highest BCUT2D eigenvalue weighted by atomic mass is 16.5. The van der Waals surface area contributed by atoms with Crippen molar-refractivity contribution in [2.45, 2.75) is 19.8 Å². The van der Waals surface area contributed by atoms with Crippen LogP contribution in [-0.4, -0.2) is 55.9 Å². The van der Waals surface area contributed by atoms with Crippen LogP contribution in [0.15, 0.2) is 18.2 Å². The van der Waals surface area contributed by atoms with E-state index >= 15 is 0 Å². The van der Waals surface area contributed by atoms with E-state index in [0.717, 1.165) is 12.0 Å². The maximum atomic E-state index is 12.1. The third-order valence-electron chi connectivity index (χ3n) is 4.46. The predicted molar refractivity (Wildman–Crippen MR) is 93.1 cm³/mol. The molecule has 2 atom stereocenters. The van der Waals surface area contributed by atoms with E-state index in [-0.39, 0.29) is 18.5 Å². The van der Waals surface area contributed by atoms with Crippen LogP contribution in [0.3, 0.4) is 0 Å². The van der Waals surface area contributed by atoms with Crippen LogP contribution in [0.25, 0.3) is 0 Å². The van der Waals surface area contributed by atoms with E-state index in [1.54, 1.807) is 19.1 Å². The van der Waals surface area contributed by atoms with Crippen molar-refractivity contribution in [3.8, 4) is 11.5 Å². The van der Waals surface area contributed by atoms with E-state index < -0.39 is 11.9 Å². The number of carbonyl (C=O) groups excluding carboxylic acids is 1. The minimum Gasteiger partial charge on any atom is -0.493 e. The summed E-state index contributed by atoms with van der Waals surface area (Å²) < 4.78 is 10.5. The van der Waals surface area contributed by atoms with Crippen LogP contribution < -0.4 is 14.8 Å². The number of urea groups is 1. The lowest BCUT2D eigenvalue weighted by molar-refractivity contribution is -0.141. The van der Waals surface area contributed by atoms with Crippen LogP contribution in [0, 0.1) is 11.8 Å². The Kier molecular flexibility index (Phi) is 6.50. The smallest absolute Gasteiger partial charge is 0.317 e. The van der Waals surface area contributed by atoms with Gasteiger partial charge in [0.05, 0.1) is 20.1 Å². The molecule has 25 heavy (non-hydrogen) atoms. The van der Waals surface area contributed by atoms with Gasteiger partial charge in [0.25, 0.3) is 0 Å². The van der Waals surface area contributed by atoms with Gasteiger partial charge in [-0.25, -0.2) is 4.79 Å². The highest BCUT2D eigenvalue weighted by Gasteiger charge is 2.30. The Morgan fingerprint density at radius 1 is 1.32 bits per heavy atom. The number of carboxylic acids is 1. The van der Waals surface area contributed by atoms with Crippen molar-refractivity contribution in [1.29, 1.82) is 0 Å². The molecule has 0 spiro atoms. The molecule has 2 rings (SSSR count). The van der Waals surface area contributed by atoms with Crippen LogP contribution in [0.4, 0.5) is 4.79 Å². The molecule has 0 saturated carbocycles. The minimum absolute atomic E-state index is 0.192. The van der Waals surface area contributed by atoms with Gasteiger partial charge in [-0.1, -0.05) is 13.0 Å².